The van der Waals surface area contributed by atoms with Crippen LogP contribution in [0.1, 0.15) is 18.7 Å². The lowest BCUT2D eigenvalue weighted by Crippen LogP contribution is -2.08. The molecule has 0 saturated heterocycles. The number of nitrogens with one attached hydrogen (secondary N) is 1. The van der Waals surface area contributed by atoms with Crippen LogP contribution < -0.4 is 5.32 Å². The molecule has 0 bridgehead atoms. The van der Waals surface area contributed by atoms with Crippen molar-refractivity contribution in [2.45, 2.75) is 19.5 Å². The summed E-state index contributed by atoms with van der Waals surface area (Å²) in [6.45, 7) is 3.44. The van der Waals surface area contributed by atoms with E-state index < -0.39 is 0 Å². The van der Waals surface area contributed by atoms with Gasteiger partial charge in [-0.15, -0.1) is 0 Å². The molecule has 6 nitrogen and oxygen atoms in total. The quantitative estimate of drug-likeness (QED) is 0.837. The summed E-state index contributed by atoms with van der Waals surface area (Å²) < 4.78 is 6.85. The Labute approximate surface area is 106 Å². The molecule has 2 heterocycles. The summed E-state index contributed by atoms with van der Waals surface area (Å²) in [6, 6.07) is 0.0961. The van der Waals surface area contributed by atoms with Crippen LogP contribution in [0.15, 0.2) is 31.0 Å². The Morgan fingerprint density at radius 1 is 1.39 bits per heavy atom. The Balaban J connectivity index is 1.95. The molecule has 1 unspecified atom stereocenters. The summed E-state index contributed by atoms with van der Waals surface area (Å²) in [6.07, 6.45) is 8.86. The van der Waals surface area contributed by atoms with Crippen molar-refractivity contribution in [3.63, 3.8) is 0 Å². The number of ether oxygens (including phenoxy) is 1. The molecule has 96 valence electrons. The number of hydrogen-bond donors (Lipinski definition) is 1. The molecule has 1 atom stereocenters. The first kappa shape index (κ1) is 12.5. The summed E-state index contributed by atoms with van der Waals surface area (Å²) in [4.78, 5) is 8.31. The van der Waals surface area contributed by atoms with Gasteiger partial charge in [-0.2, -0.15) is 5.10 Å². The van der Waals surface area contributed by atoms with Gasteiger partial charge in [-0.3, -0.25) is 14.6 Å². The Morgan fingerprint density at radius 2 is 2.28 bits per heavy atom. The minimum Gasteiger partial charge on any atom is -0.383 e. The Bertz CT molecular complexity index is 470. The van der Waals surface area contributed by atoms with Gasteiger partial charge in [0.1, 0.15) is 0 Å². The second-order valence-electron chi connectivity index (χ2n) is 3.98. The first-order chi connectivity index (χ1) is 8.79. The molecule has 2 aromatic rings. The standard InChI is InChI=1S/C12H17N5O/c1-10(12-8-13-3-4-14-12)16-11-7-15-17(9-11)5-6-18-2/h3-4,7-10,16H,5-6H2,1-2H3. The number of aromatic nitrogens is 4. The Hall–Kier alpha value is -1.95. The van der Waals surface area contributed by atoms with E-state index in [0.717, 1.165) is 17.9 Å². The fourth-order valence-electron chi connectivity index (χ4n) is 1.60. The van der Waals surface area contributed by atoms with E-state index in [-0.39, 0.29) is 6.04 Å². The van der Waals surface area contributed by atoms with Gasteiger partial charge in [0.05, 0.1) is 43.0 Å². The van der Waals surface area contributed by atoms with Crippen molar-refractivity contribution in [2.24, 2.45) is 0 Å². The normalized spacial score (nSPS) is 12.3. The topological polar surface area (TPSA) is 64.9 Å². The van der Waals surface area contributed by atoms with Gasteiger partial charge in [0.25, 0.3) is 0 Å². The molecule has 18 heavy (non-hydrogen) atoms. The first-order valence-corrected chi connectivity index (χ1v) is 5.83. The molecule has 0 fully saturated rings. The van der Waals surface area contributed by atoms with Crippen LogP contribution in [0, 0.1) is 0 Å². The number of nitrogens with zero attached hydrogens (tertiary/aromatic N) is 4. The van der Waals surface area contributed by atoms with Gasteiger partial charge in [-0.25, -0.2) is 0 Å². The van der Waals surface area contributed by atoms with Crippen molar-refractivity contribution in [3.8, 4) is 0 Å². The van der Waals surface area contributed by atoms with Gasteiger partial charge in [0.2, 0.25) is 0 Å². The molecule has 2 aromatic heterocycles. The lowest BCUT2D eigenvalue weighted by atomic mass is 10.2. The summed E-state index contributed by atoms with van der Waals surface area (Å²) in [7, 11) is 1.68. The number of rotatable bonds is 6. The summed E-state index contributed by atoms with van der Waals surface area (Å²) in [5, 5.41) is 7.57. The van der Waals surface area contributed by atoms with Gasteiger partial charge in [0.15, 0.2) is 0 Å². The van der Waals surface area contributed by atoms with Crippen LogP contribution in [-0.4, -0.2) is 33.5 Å². The average molecular weight is 247 g/mol. The fourth-order valence-corrected chi connectivity index (χ4v) is 1.60. The first-order valence-electron chi connectivity index (χ1n) is 5.83. The van der Waals surface area contributed by atoms with Crippen LogP contribution >= 0.6 is 0 Å². The third-order valence-electron chi connectivity index (χ3n) is 2.57. The predicted molar refractivity (Wildman–Crippen MR) is 68.2 cm³/mol. The van der Waals surface area contributed by atoms with Gasteiger partial charge in [-0.1, -0.05) is 0 Å². The molecule has 2 rings (SSSR count). The van der Waals surface area contributed by atoms with E-state index in [1.54, 1.807) is 31.9 Å². The smallest absolute Gasteiger partial charge is 0.0806 e. The van der Waals surface area contributed by atoms with Crippen LogP contribution in [0.4, 0.5) is 5.69 Å². The average Bonchev–Trinajstić information content (AvgIpc) is 2.85. The van der Waals surface area contributed by atoms with E-state index in [1.807, 2.05) is 17.8 Å². The highest BCUT2D eigenvalue weighted by atomic mass is 16.5. The lowest BCUT2D eigenvalue weighted by Gasteiger charge is -2.11. The molecule has 6 heteroatoms. The van der Waals surface area contributed by atoms with E-state index in [0.29, 0.717) is 6.61 Å². The maximum absolute atomic E-state index is 5.01. The highest BCUT2D eigenvalue weighted by Gasteiger charge is 2.07. The summed E-state index contributed by atoms with van der Waals surface area (Å²) >= 11 is 0. The van der Waals surface area contributed by atoms with E-state index in [1.165, 1.54) is 0 Å². The van der Waals surface area contributed by atoms with Crippen LogP contribution in [-0.2, 0) is 11.3 Å². The molecular weight excluding hydrogens is 230 g/mol. The zero-order valence-corrected chi connectivity index (χ0v) is 10.6. The third kappa shape index (κ3) is 3.27. The summed E-state index contributed by atoms with van der Waals surface area (Å²) in [5.74, 6) is 0. The van der Waals surface area contributed by atoms with Crippen molar-refractivity contribution in [2.75, 3.05) is 19.0 Å². The molecule has 0 spiro atoms. The molecule has 0 aromatic carbocycles. The molecule has 0 amide bonds. The second kappa shape index (κ2) is 6.11. The zero-order chi connectivity index (χ0) is 12.8. The van der Waals surface area contributed by atoms with Crippen LogP contribution in [0.25, 0.3) is 0 Å². The highest BCUT2D eigenvalue weighted by Crippen LogP contribution is 2.15. The molecule has 1 N–H and O–H groups in total. The largest absolute Gasteiger partial charge is 0.383 e. The van der Waals surface area contributed by atoms with Crippen LogP contribution in [0.5, 0.6) is 0 Å². The maximum atomic E-state index is 5.01. The molecule has 0 aliphatic heterocycles. The number of methoxy groups -OCH3 is 1. The van der Waals surface area contributed by atoms with E-state index in [9.17, 15) is 0 Å². The minimum absolute atomic E-state index is 0.0961. The van der Waals surface area contributed by atoms with Crippen molar-refractivity contribution < 1.29 is 4.74 Å². The summed E-state index contributed by atoms with van der Waals surface area (Å²) in [5.41, 5.74) is 1.87. The molecule has 0 aliphatic carbocycles. The van der Waals surface area contributed by atoms with Crippen LogP contribution in [0.2, 0.25) is 0 Å². The number of hydrogen-bond acceptors (Lipinski definition) is 5. The Morgan fingerprint density at radius 3 is 3.00 bits per heavy atom. The minimum atomic E-state index is 0.0961. The molecule has 0 radical (unpaired) electrons. The van der Waals surface area contributed by atoms with Gasteiger partial charge >= 0.3 is 0 Å². The molecule has 0 saturated carbocycles. The monoisotopic (exact) mass is 247 g/mol. The van der Waals surface area contributed by atoms with Crippen molar-refractivity contribution in [3.05, 3.63) is 36.7 Å². The van der Waals surface area contributed by atoms with Gasteiger partial charge in [-0.05, 0) is 6.92 Å². The van der Waals surface area contributed by atoms with Crippen molar-refractivity contribution in [1.29, 1.82) is 0 Å². The number of anilines is 1. The highest BCUT2D eigenvalue weighted by molar-refractivity contribution is 5.40. The van der Waals surface area contributed by atoms with E-state index in [2.05, 4.69) is 20.4 Å². The van der Waals surface area contributed by atoms with E-state index >= 15 is 0 Å². The van der Waals surface area contributed by atoms with Crippen molar-refractivity contribution >= 4 is 5.69 Å². The molecular formula is C12H17N5O. The van der Waals surface area contributed by atoms with Gasteiger partial charge < -0.3 is 10.1 Å². The van der Waals surface area contributed by atoms with Crippen molar-refractivity contribution in [1.82, 2.24) is 19.7 Å². The SMILES string of the molecule is COCCn1cc(NC(C)c2cnccn2)cn1. The Kier molecular flexibility index (Phi) is 4.25. The third-order valence-corrected chi connectivity index (χ3v) is 2.57. The fraction of sp³-hybridized carbons (Fsp3) is 0.417. The van der Waals surface area contributed by atoms with E-state index in [4.69, 9.17) is 4.74 Å². The van der Waals surface area contributed by atoms with Gasteiger partial charge in [0, 0.05) is 25.7 Å². The maximum Gasteiger partial charge on any atom is 0.0806 e. The lowest BCUT2D eigenvalue weighted by molar-refractivity contribution is 0.183. The second-order valence-corrected chi connectivity index (χ2v) is 3.98. The van der Waals surface area contributed by atoms with Crippen LogP contribution in [0.3, 0.4) is 0 Å². The molecule has 0 aliphatic rings. The predicted octanol–water partition coefficient (Wildman–Crippen LogP) is 1.49. The zero-order valence-electron chi connectivity index (χ0n) is 10.6.